The van der Waals surface area contributed by atoms with Crippen LogP contribution in [-0.2, 0) is 16.1 Å². The predicted molar refractivity (Wildman–Crippen MR) is 86.0 cm³/mol. The summed E-state index contributed by atoms with van der Waals surface area (Å²) in [5, 5.41) is 8.57. The zero-order valence-electron chi connectivity index (χ0n) is 12.7. The molecule has 0 N–H and O–H groups in total. The van der Waals surface area contributed by atoms with E-state index in [0.717, 1.165) is 5.56 Å². The van der Waals surface area contributed by atoms with Crippen LogP contribution in [0.25, 0.3) is 11.2 Å². The Bertz CT molecular complexity index is 821. The number of ether oxygens (including phenoxy) is 1. The molecule has 0 unspecified atom stereocenters. The Kier molecular flexibility index (Phi) is 4.52. The molecule has 2 heterocycles. The number of rotatable bonds is 5. The molecule has 7 nitrogen and oxygen atoms in total. The second kappa shape index (κ2) is 6.74. The minimum Gasteiger partial charge on any atom is -0.468 e. The molecule has 2 aromatic heterocycles. The third-order valence-corrected chi connectivity index (χ3v) is 4.33. The fraction of sp³-hybridized carbons (Fsp3) is 0.267. The molecule has 0 aliphatic carbocycles. The molecule has 0 spiro atoms. The normalized spacial score (nSPS) is 12.3. The largest absolute Gasteiger partial charge is 0.468 e. The van der Waals surface area contributed by atoms with Gasteiger partial charge in [0.1, 0.15) is 16.6 Å². The van der Waals surface area contributed by atoms with Crippen LogP contribution < -0.4 is 0 Å². The average Bonchev–Trinajstić information content (AvgIpc) is 2.99. The number of carbonyl (C=O) groups is 1. The highest BCUT2D eigenvalue weighted by molar-refractivity contribution is 8.00. The van der Waals surface area contributed by atoms with E-state index >= 15 is 0 Å². The monoisotopic (exact) mass is 329 g/mol. The molecule has 0 aliphatic heterocycles. The standard InChI is InChI=1S/C15H15N5O2S/c1-10(15(21)22-2)23-14-12-13(16-9-17-14)20(19-18-12)8-11-6-4-3-5-7-11/h3-7,9-10H,8H2,1-2H3/t10-/m0/s1. The molecule has 118 valence electrons. The molecular weight excluding hydrogens is 314 g/mol. The van der Waals surface area contributed by atoms with E-state index in [9.17, 15) is 4.79 Å². The van der Waals surface area contributed by atoms with Gasteiger partial charge in [0, 0.05) is 0 Å². The SMILES string of the molecule is COC(=O)[C@H](C)Sc1ncnc2c1nnn2Cc1ccccc1. The van der Waals surface area contributed by atoms with Gasteiger partial charge < -0.3 is 4.74 Å². The molecule has 23 heavy (non-hydrogen) atoms. The van der Waals surface area contributed by atoms with Gasteiger partial charge in [-0.25, -0.2) is 14.6 Å². The van der Waals surface area contributed by atoms with Gasteiger partial charge in [-0.05, 0) is 12.5 Å². The average molecular weight is 329 g/mol. The van der Waals surface area contributed by atoms with Crippen molar-refractivity contribution in [3.63, 3.8) is 0 Å². The minimum absolute atomic E-state index is 0.307. The summed E-state index contributed by atoms with van der Waals surface area (Å²) < 4.78 is 6.46. The number of nitrogens with zero attached hydrogens (tertiary/aromatic N) is 5. The van der Waals surface area contributed by atoms with Crippen LogP contribution in [0.4, 0.5) is 0 Å². The lowest BCUT2D eigenvalue weighted by atomic mass is 10.2. The number of esters is 1. The van der Waals surface area contributed by atoms with Crippen LogP contribution in [0.15, 0.2) is 41.7 Å². The number of hydrogen-bond donors (Lipinski definition) is 0. The fourth-order valence-electron chi connectivity index (χ4n) is 2.10. The predicted octanol–water partition coefficient (Wildman–Crippen LogP) is 1.92. The van der Waals surface area contributed by atoms with Crippen molar-refractivity contribution in [2.75, 3.05) is 7.11 Å². The van der Waals surface area contributed by atoms with Crippen LogP contribution in [0.5, 0.6) is 0 Å². The van der Waals surface area contributed by atoms with Gasteiger partial charge in [0.25, 0.3) is 0 Å². The number of hydrogen-bond acceptors (Lipinski definition) is 7. The molecule has 0 saturated heterocycles. The van der Waals surface area contributed by atoms with Crippen LogP contribution in [0.3, 0.4) is 0 Å². The number of benzene rings is 1. The van der Waals surface area contributed by atoms with Crippen molar-refractivity contribution >= 4 is 28.9 Å². The van der Waals surface area contributed by atoms with E-state index in [-0.39, 0.29) is 11.2 Å². The second-order valence-electron chi connectivity index (χ2n) is 4.87. The Hall–Kier alpha value is -2.48. The fourth-order valence-corrected chi connectivity index (χ4v) is 2.98. The van der Waals surface area contributed by atoms with E-state index < -0.39 is 0 Å². The van der Waals surface area contributed by atoms with Gasteiger partial charge in [-0.15, -0.1) is 5.10 Å². The lowest BCUT2D eigenvalue weighted by Gasteiger charge is -2.07. The maximum atomic E-state index is 11.6. The number of fused-ring (bicyclic) bond motifs is 1. The van der Waals surface area contributed by atoms with Gasteiger partial charge in [-0.2, -0.15) is 0 Å². The maximum Gasteiger partial charge on any atom is 0.318 e. The lowest BCUT2D eigenvalue weighted by molar-refractivity contribution is -0.139. The first-order valence-electron chi connectivity index (χ1n) is 7.01. The van der Waals surface area contributed by atoms with E-state index in [1.54, 1.807) is 11.6 Å². The van der Waals surface area contributed by atoms with Gasteiger partial charge in [-0.3, -0.25) is 4.79 Å². The van der Waals surface area contributed by atoms with Gasteiger partial charge in [-0.1, -0.05) is 47.3 Å². The third-order valence-electron chi connectivity index (χ3n) is 3.26. The van der Waals surface area contributed by atoms with Crippen molar-refractivity contribution < 1.29 is 9.53 Å². The van der Waals surface area contributed by atoms with Gasteiger partial charge in [0.05, 0.1) is 13.7 Å². The summed E-state index contributed by atoms with van der Waals surface area (Å²) >= 11 is 1.28. The molecule has 0 aliphatic rings. The highest BCUT2D eigenvalue weighted by Crippen LogP contribution is 2.27. The third kappa shape index (κ3) is 3.31. The molecule has 0 bridgehead atoms. The van der Waals surface area contributed by atoms with E-state index in [1.807, 2.05) is 30.3 Å². The summed E-state index contributed by atoms with van der Waals surface area (Å²) in [5.41, 5.74) is 2.34. The first kappa shape index (κ1) is 15.4. The summed E-state index contributed by atoms with van der Waals surface area (Å²) in [7, 11) is 1.37. The molecular formula is C15H15N5O2S. The van der Waals surface area contributed by atoms with Crippen LogP contribution in [-0.4, -0.2) is 43.3 Å². The Morgan fingerprint density at radius 2 is 2.09 bits per heavy atom. The van der Waals surface area contributed by atoms with Crippen LogP contribution in [0.2, 0.25) is 0 Å². The van der Waals surface area contributed by atoms with Crippen LogP contribution >= 0.6 is 11.8 Å². The molecule has 8 heteroatoms. The maximum absolute atomic E-state index is 11.6. The molecule has 3 aromatic rings. The molecule has 0 radical (unpaired) electrons. The van der Waals surface area contributed by atoms with Gasteiger partial charge >= 0.3 is 5.97 Å². The summed E-state index contributed by atoms with van der Waals surface area (Å²) in [6, 6.07) is 9.95. The van der Waals surface area contributed by atoms with Crippen molar-refractivity contribution in [2.45, 2.75) is 23.7 Å². The van der Waals surface area contributed by atoms with Gasteiger partial charge in [0.15, 0.2) is 11.2 Å². The quantitative estimate of drug-likeness (QED) is 0.402. The molecule has 0 amide bonds. The highest BCUT2D eigenvalue weighted by atomic mass is 32.2. The smallest absolute Gasteiger partial charge is 0.318 e. The Labute approximate surface area is 137 Å². The Morgan fingerprint density at radius 3 is 2.83 bits per heavy atom. The number of aromatic nitrogens is 5. The Balaban J connectivity index is 1.90. The molecule has 1 aromatic carbocycles. The number of carbonyl (C=O) groups excluding carboxylic acids is 1. The zero-order valence-corrected chi connectivity index (χ0v) is 13.5. The van der Waals surface area contributed by atoms with E-state index in [0.29, 0.717) is 22.7 Å². The van der Waals surface area contributed by atoms with Crippen molar-refractivity contribution in [3.05, 3.63) is 42.2 Å². The molecule has 0 fully saturated rings. The van der Waals surface area contributed by atoms with Crippen LogP contribution in [0.1, 0.15) is 12.5 Å². The zero-order chi connectivity index (χ0) is 16.2. The second-order valence-corrected chi connectivity index (χ2v) is 6.20. The molecule has 3 rings (SSSR count). The van der Waals surface area contributed by atoms with E-state index in [4.69, 9.17) is 4.74 Å². The summed E-state index contributed by atoms with van der Waals surface area (Å²) in [5.74, 6) is -0.307. The first-order chi connectivity index (χ1) is 11.2. The topological polar surface area (TPSA) is 82.8 Å². The molecule has 0 saturated carbocycles. The summed E-state index contributed by atoms with van der Waals surface area (Å²) in [6.45, 7) is 2.34. The first-order valence-corrected chi connectivity index (χ1v) is 7.89. The van der Waals surface area contributed by atoms with Gasteiger partial charge in [0.2, 0.25) is 0 Å². The summed E-state index contributed by atoms with van der Waals surface area (Å²) in [6.07, 6.45) is 1.46. The lowest BCUT2D eigenvalue weighted by Crippen LogP contribution is -2.14. The Morgan fingerprint density at radius 1 is 1.30 bits per heavy atom. The van der Waals surface area contributed by atoms with E-state index in [1.165, 1.54) is 25.2 Å². The summed E-state index contributed by atoms with van der Waals surface area (Å²) in [4.78, 5) is 20.1. The molecule has 1 atom stereocenters. The number of thioether (sulfide) groups is 1. The van der Waals surface area contributed by atoms with Crippen molar-refractivity contribution in [1.82, 2.24) is 25.0 Å². The van der Waals surface area contributed by atoms with Crippen LogP contribution in [0, 0.1) is 0 Å². The number of methoxy groups -OCH3 is 1. The highest BCUT2D eigenvalue weighted by Gasteiger charge is 2.19. The van der Waals surface area contributed by atoms with Crippen molar-refractivity contribution in [3.8, 4) is 0 Å². The van der Waals surface area contributed by atoms with Crippen molar-refractivity contribution in [2.24, 2.45) is 0 Å². The van der Waals surface area contributed by atoms with Crippen molar-refractivity contribution in [1.29, 1.82) is 0 Å². The minimum atomic E-state index is -0.377. The van der Waals surface area contributed by atoms with E-state index in [2.05, 4.69) is 20.3 Å².